The lowest BCUT2D eigenvalue weighted by atomic mass is 9.75. The average molecular weight is 295 g/mol. The van der Waals surface area contributed by atoms with Crippen LogP contribution < -0.4 is 0 Å². The smallest absolute Gasteiger partial charge is 0.330 e. The number of ether oxygens (including phenoxy) is 1. The summed E-state index contributed by atoms with van der Waals surface area (Å²) in [6.45, 7) is 2.26. The summed E-state index contributed by atoms with van der Waals surface area (Å²) in [6.07, 6.45) is 3.57. The summed E-state index contributed by atoms with van der Waals surface area (Å²) in [5.41, 5.74) is 2.52. The number of carbonyl (C=O) groups is 1. The van der Waals surface area contributed by atoms with E-state index in [-0.39, 0.29) is 5.97 Å². The van der Waals surface area contributed by atoms with Gasteiger partial charge in [-0.2, -0.15) is 0 Å². The zero-order chi connectivity index (χ0) is 12.3. The Kier molecular flexibility index (Phi) is 4.00. The molecule has 0 atom stereocenters. The number of hydrogen-bond donors (Lipinski definition) is 0. The molecule has 0 amide bonds. The van der Waals surface area contributed by atoms with Crippen LogP contribution in [0.2, 0.25) is 0 Å². The van der Waals surface area contributed by atoms with Crippen molar-refractivity contribution in [1.29, 1.82) is 0 Å². The number of esters is 1. The molecule has 1 aliphatic carbocycles. The molecule has 0 unspecified atom stereocenters. The second-order valence-electron chi connectivity index (χ2n) is 4.21. The largest absolute Gasteiger partial charge is 0.463 e. The normalized spacial score (nSPS) is 18.5. The monoisotopic (exact) mass is 294 g/mol. The van der Waals surface area contributed by atoms with Gasteiger partial charge in [0.1, 0.15) is 0 Å². The zero-order valence-electron chi connectivity index (χ0n) is 9.78. The maximum Gasteiger partial charge on any atom is 0.330 e. The van der Waals surface area contributed by atoms with Crippen LogP contribution in [0.4, 0.5) is 0 Å². The van der Waals surface area contributed by atoms with Gasteiger partial charge >= 0.3 is 5.97 Å². The van der Waals surface area contributed by atoms with E-state index in [0.29, 0.717) is 12.5 Å². The van der Waals surface area contributed by atoms with Crippen molar-refractivity contribution in [3.05, 3.63) is 46.0 Å². The SMILES string of the molecule is CCOC(=O)C=C1CC(c2cccc(Br)c2)C1. The van der Waals surface area contributed by atoms with Crippen LogP contribution >= 0.6 is 15.9 Å². The number of halogens is 1. The summed E-state index contributed by atoms with van der Waals surface area (Å²) in [5.74, 6) is 0.336. The van der Waals surface area contributed by atoms with Gasteiger partial charge in [0.25, 0.3) is 0 Å². The highest BCUT2D eigenvalue weighted by Gasteiger charge is 2.25. The van der Waals surface area contributed by atoms with E-state index >= 15 is 0 Å². The van der Waals surface area contributed by atoms with Crippen molar-refractivity contribution in [2.75, 3.05) is 6.61 Å². The molecular weight excluding hydrogens is 280 g/mol. The van der Waals surface area contributed by atoms with Crippen LogP contribution in [0.1, 0.15) is 31.2 Å². The summed E-state index contributed by atoms with van der Waals surface area (Å²) in [7, 11) is 0. The van der Waals surface area contributed by atoms with Gasteiger partial charge in [-0.15, -0.1) is 0 Å². The molecule has 0 aliphatic heterocycles. The predicted molar refractivity (Wildman–Crippen MR) is 70.8 cm³/mol. The molecule has 1 aromatic carbocycles. The maximum atomic E-state index is 11.2. The molecule has 0 heterocycles. The lowest BCUT2D eigenvalue weighted by Crippen LogP contribution is -2.14. The first-order valence-electron chi connectivity index (χ1n) is 5.80. The fourth-order valence-corrected chi connectivity index (χ4v) is 2.45. The van der Waals surface area contributed by atoms with Gasteiger partial charge in [0.05, 0.1) is 6.61 Å². The fraction of sp³-hybridized carbons (Fsp3) is 0.357. The van der Waals surface area contributed by atoms with E-state index < -0.39 is 0 Å². The molecule has 1 fully saturated rings. The van der Waals surface area contributed by atoms with Gasteiger partial charge in [0.2, 0.25) is 0 Å². The molecule has 0 N–H and O–H groups in total. The predicted octanol–water partition coefficient (Wildman–Crippen LogP) is 3.82. The third-order valence-corrected chi connectivity index (χ3v) is 3.44. The van der Waals surface area contributed by atoms with Crippen LogP contribution in [0, 0.1) is 0 Å². The second kappa shape index (κ2) is 5.50. The zero-order valence-corrected chi connectivity index (χ0v) is 11.4. The molecule has 1 aromatic rings. The molecule has 0 spiro atoms. The molecule has 3 heteroatoms. The fourth-order valence-electron chi connectivity index (χ4n) is 2.04. The Balaban J connectivity index is 1.93. The molecule has 1 aliphatic rings. The number of rotatable bonds is 3. The van der Waals surface area contributed by atoms with Gasteiger partial charge in [-0.3, -0.25) is 0 Å². The summed E-state index contributed by atoms with van der Waals surface area (Å²) < 4.78 is 5.99. The summed E-state index contributed by atoms with van der Waals surface area (Å²) in [6, 6.07) is 8.35. The van der Waals surface area contributed by atoms with Crippen LogP contribution in [0.15, 0.2) is 40.4 Å². The molecule has 0 radical (unpaired) electrons. The molecule has 2 rings (SSSR count). The lowest BCUT2D eigenvalue weighted by Gasteiger charge is -2.29. The minimum Gasteiger partial charge on any atom is -0.463 e. The number of benzene rings is 1. The van der Waals surface area contributed by atoms with Gasteiger partial charge in [-0.1, -0.05) is 33.6 Å². The number of carbonyl (C=O) groups excluding carboxylic acids is 1. The minimum absolute atomic E-state index is 0.213. The van der Waals surface area contributed by atoms with Gasteiger partial charge in [-0.05, 0) is 43.4 Å². The molecule has 2 nitrogen and oxygen atoms in total. The standard InChI is InChI=1S/C14H15BrO2/c1-2-17-14(16)8-10-6-12(7-10)11-4-3-5-13(15)9-11/h3-5,8-9,12H,2,6-7H2,1H3. The highest BCUT2D eigenvalue weighted by molar-refractivity contribution is 9.10. The molecule has 90 valence electrons. The second-order valence-corrected chi connectivity index (χ2v) is 5.13. The van der Waals surface area contributed by atoms with Crippen LogP contribution in [-0.2, 0) is 9.53 Å². The van der Waals surface area contributed by atoms with E-state index in [1.807, 2.05) is 19.1 Å². The third-order valence-electron chi connectivity index (χ3n) is 2.95. The highest BCUT2D eigenvalue weighted by Crippen LogP contribution is 2.41. The Morgan fingerprint density at radius 3 is 2.94 bits per heavy atom. The van der Waals surface area contributed by atoms with Gasteiger partial charge in [-0.25, -0.2) is 4.79 Å². The van der Waals surface area contributed by atoms with Gasteiger partial charge in [0, 0.05) is 10.5 Å². The van der Waals surface area contributed by atoms with Crippen molar-refractivity contribution in [3.63, 3.8) is 0 Å². The Hall–Kier alpha value is -1.09. The van der Waals surface area contributed by atoms with Gasteiger partial charge < -0.3 is 4.74 Å². The quantitative estimate of drug-likeness (QED) is 0.626. The van der Waals surface area contributed by atoms with E-state index in [1.54, 1.807) is 6.08 Å². The molecule has 0 saturated heterocycles. The number of hydrogen-bond acceptors (Lipinski definition) is 2. The van der Waals surface area contributed by atoms with Crippen molar-refractivity contribution in [2.24, 2.45) is 0 Å². The Labute approximate surface area is 110 Å². The van der Waals surface area contributed by atoms with E-state index in [0.717, 1.165) is 17.3 Å². The van der Waals surface area contributed by atoms with E-state index in [9.17, 15) is 4.79 Å². The van der Waals surface area contributed by atoms with Crippen molar-refractivity contribution >= 4 is 21.9 Å². The topological polar surface area (TPSA) is 26.3 Å². The molecule has 17 heavy (non-hydrogen) atoms. The number of allylic oxidation sites excluding steroid dienone is 1. The Bertz CT molecular complexity index is 443. The molecule has 0 bridgehead atoms. The lowest BCUT2D eigenvalue weighted by molar-refractivity contribution is -0.137. The summed E-state index contributed by atoms with van der Waals surface area (Å²) >= 11 is 3.47. The average Bonchev–Trinajstić information content (AvgIpc) is 2.23. The Morgan fingerprint density at radius 2 is 2.29 bits per heavy atom. The minimum atomic E-state index is -0.213. The van der Waals surface area contributed by atoms with Crippen LogP contribution in [0.5, 0.6) is 0 Å². The van der Waals surface area contributed by atoms with Crippen LogP contribution in [0.3, 0.4) is 0 Å². The van der Waals surface area contributed by atoms with E-state index in [1.165, 1.54) is 11.1 Å². The summed E-state index contributed by atoms with van der Waals surface area (Å²) in [5, 5.41) is 0. The first kappa shape index (κ1) is 12.4. The third kappa shape index (κ3) is 3.19. The molecule has 1 saturated carbocycles. The molecular formula is C14H15BrO2. The van der Waals surface area contributed by atoms with Crippen LogP contribution in [0.25, 0.3) is 0 Å². The first-order chi connectivity index (χ1) is 8.19. The molecule has 0 aromatic heterocycles. The Morgan fingerprint density at radius 1 is 1.53 bits per heavy atom. The van der Waals surface area contributed by atoms with Crippen molar-refractivity contribution < 1.29 is 9.53 Å². The highest BCUT2D eigenvalue weighted by atomic mass is 79.9. The van der Waals surface area contributed by atoms with E-state index in [4.69, 9.17) is 4.74 Å². The van der Waals surface area contributed by atoms with Gasteiger partial charge in [0.15, 0.2) is 0 Å². The van der Waals surface area contributed by atoms with Crippen LogP contribution in [-0.4, -0.2) is 12.6 Å². The van der Waals surface area contributed by atoms with Crippen molar-refractivity contribution in [3.8, 4) is 0 Å². The van der Waals surface area contributed by atoms with E-state index in [2.05, 4.69) is 28.1 Å². The van der Waals surface area contributed by atoms with Crippen molar-refractivity contribution in [2.45, 2.75) is 25.7 Å². The first-order valence-corrected chi connectivity index (χ1v) is 6.60. The maximum absolute atomic E-state index is 11.2. The van der Waals surface area contributed by atoms with Crippen molar-refractivity contribution in [1.82, 2.24) is 0 Å². The summed E-state index contributed by atoms with van der Waals surface area (Å²) in [4.78, 5) is 11.2.